The number of thioether (sulfide) groups is 1. The van der Waals surface area contributed by atoms with Gasteiger partial charge in [0.1, 0.15) is 11.1 Å². The van der Waals surface area contributed by atoms with Crippen molar-refractivity contribution in [2.45, 2.75) is 10.5 Å². The molecule has 2 heterocycles. The smallest absolute Gasteiger partial charge is 0.269 e. The van der Waals surface area contributed by atoms with E-state index in [2.05, 4.69) is 15.6 Å². The highest BCUT2D eigenvalue weighted by atomic mass is 32.2. The van der Waals surface area contributed by atoms with Crippen LogP contribution in [0.15, 0.2) is 53.7 Å². The third-order valence-electron chi connectivity index (χ3n) is 3.66. The van der Waals surface area contributed by atoms with E-state index >= 15 is 0 Å². The number of hydrogen-bond acceptors (Lipinski definition) is 7. The van der Waals surface area contributed by atoms with Crippen molar-refractivity contribution in [3.8, 4) is 17.1 Å². The fourth-order valence-electron chi connectivity index (χ4n) is 2.47. The van der Waals surface area contributed by atoms with E-state index in [0.717, 1.165) is 5.56 Å². The lowest BCUT2D eigenvalue weighted by atomic mass is 10.2. The molecule has 0 aliphatic carbocycles. The van der Waals surface area contributed by atoms with Crippen LogP contribution < -0.4 is 5.43 Å². The lowest BCUT2D eigenvalue weighted by Gasteiger charge is -2.13. The standard InChI is InChI=1S/C15H11N5O3S/c21-12-4-2-1-3-11(12)14-18-19-13(16-17-15(19)24-14)9-5-7-10(8-6-9)20(22)23/h1-8,14,18,21H/t14-/m1/s1. The summed E-state index contributed by atoms with van der Waals surface area (Å²) >= 11 is 1.44. The lowest BCUT2D eigenvalue weighted by Crippen LogP contribution is -2.13. The molecule has 0 fully saturated rings. The number of nitro groups is 1. The zero-order valence-corrected chi connectivity index (χ0v) is 13.0. The first-order chi connectivity index (χ1) is 11.6. The average Bonchev–Trinajstić information content (AvgIpc) is 3.16. The van der Waals surface area contributed by atoms with Crippen LogP contribution in [-0.2, 0) is 0 Å². The van der Waals surface area contributed by atoms with Crippen LogP contribution in [0.25, 0.3) is 11.4 Å². The van der Waals surface area contributed by atoms with Crippen molar-refractivity contribution >= 4 is 17.4 Å². The SMILES string of the molecule is O=[N+]([O-])c1ccc(-c2nnc3n2N[C@@H](c2ccccc2O)S3)cc1. The van der Waals surface area contributed by atoms with Gasteiger partial charge in [-0.05, 0) is 18.2 Å². The summed E-state index contributed by atoms with van der Waals surface area (Å²) in [6, 6.07) is 13.2. The summed E-state index contributed by atoms with van der Waals surface area (Å²) in [5.41, 5.74) is 4.73. The summed E-state index contributed by atoms with van der Waals surface area (Å²) in [6.45, 7) is 0. The van der Waals surface area contributed by atoms with Gasteiger partial charge in [-0.2, -0.15) is 0 Å². The highest BCUT2D eigenvalue weighted by Crippen LogP contribution is 2.42. The summed E-state index contributed by atoms with van der Waals surface area (Å²) in [6.07, 6.45) is 0. The molecule has 120 valence electrons. The molecular formula is C15H11N5O3S. The van der Waals surface area contributed by atoms with Crippen molar-refractivity contribution in [1.29, 1.82) is 0 Å². The fraction of sp³-hybridized carbons (Fsp3) is 0.0667. The first-order valence-electron chi connectivity index (χ1n) is 7.05. The van der Waals surface area contributed by atoms with E-state index in [-0.39, 0.29) is 16.8 Å². The topological polar surface area (TPSA) is 106 Å². The van der Waals surface area contributed by atoms with E-state index in [1.165, 1.54) is 23.9 Å². The Bertz CT molecular complexity index is 925. The van der Waals surface area contributed by atoms with Gasteiger partial charge >= 0.3 is 0 Å². The molecule has 0 radical (unpaired) electrons. The summed E-state index contributed by atoms with van der Waals surface area (Å²) in [5, 5.41) is 29.5. The quantitative estimate of drug-likeness (QED) is 0.557. The summed E-state index contributed by atoms with van der Waals surface area (Å²) < 4.78 is 1.73. The maximum Gasteiger partial charge on any atom is 0.269 e. The first-order valence-corrected chi connectivity index (χ1v) is 7.93. The highest BCUT2D eigenvalue weighted by molar-refractivity contribution is 7.99. The van der Waals surface area contributed by atoms with Gasteiger partial charge in [0, 0.05) is 23.3 Å². The third kappa shape index (κ3) is 2.35. The zero-order chi connectivity index (χ0) is 16.7. The Hall–Kier alpha value is -3.07. The van der Waals surface area contributed by atoms with E-state index in [9.17, 15) is 15.2 Å². The predicted molar refractivity (Wildman–Crippen MR) is 88.2 cm³/mol. The van der Waals surface area contributed by atoms with Crippen molar-refractivity contribution in [3.05, 3.63) is 64.2 Å². The molecule has 3 aromatic rings. The third-order valence-corrected chi connectivity index (χ3v) is 4.73. The number of aromatic hydroxyl groups is 1. The number of non-ortho nitro benzene ring substituents is 1. The second-order valence-corrected chi connectivity index (χ2v) is 6.20. The van der Waals surface area contributed by atoms with Crippen LogP contribution in [0.2, 0.25) is 0 Å². The number of nitro benzene ring substituents is 1. The van der Waals surface area contributed by atoms with Crippen LogP contribution in [0.4, 0.5) is 5.69 Å². The van der Waals surface area contributed by atoms with Gasteiger partial charge in [0.05, 0.1) is 4.92 Å². The molecule has 1 aliphatic heterocycles. The van der Waals surface area contributed by atoms with Crippen molar-refractivity contribution in [2.75, 3.05) is 5.43 Å². The molecule has 1 atom stereocenters. The Morgan fingerprint density at radius 2 is 1.92 bits per heavy atom. The number of rotatable bonds is 3. The molecule has 0 bridgehead atoms. The van der Waals surface area contributed by atoms with Gasteiger partial charge in [-0.1, -0.05) is 30.0 Å². The minimum Gasteiger partial charge on any atom is -0.508 e. The van der Waals surface area contributed by atoms with Crippen LogP contribution in [0, 0.1) is 10.1 Å². The van der Waals surface area contributed by atoms with Gasteiger partial charge in [-0.25, -0.2) is 4.68 Å². The van der Waals surface area contributed by atoms with E-state index in [4.69, 9.17) is 0 Å². The summed E-state index contributed by atoms with van der Waals surface area (Å²) in [7, 11) is 0. The second-order valence-electron chi connectivity index (χ2n) is 5.13. The molecule has 4 rings (SSSR count). The number of fused-ring (bicyclic) bond motifs is 1. The molecule has 8 nitrogen and oxygen atoms in total. The summed E-state index contributed by atoms with van der Waals surface area (Å²) in [5.74, 6) is 0.767. The molecule has 24 heavy (non-hydrogen) atoms. The summed E-state index contributed by atoms with van der Waals surface area (Å²) in [4.78, 5) is 10.3. The molecule has 2 N–H and O–H groups in total. The average molecular weight is 341 g/mol. The molecule has 2 aromatic carbocycles. The van der Waals surface area contributed by atoms with Crippen LogP contribution in [0.3, 0.4) is 0 Å². The normalized spacial score (nSPS) is 15.8. The highest BCUT2D eigenvalue weighted by Gasteiger charge is 2.29. The largest absolute Gasteiger partial charge is 0.508 e. The monoisotopic (exact) mass is 341 g/mol. The van der Waals surface area contributed by atoms with Gasteiger partial charge < -0.3 is 10.5 Å². The fourth-order valence-corrected chi connectivity index (χ4v) is 3.50. The van der Waals surface area contributed by atoms with Crippen LogP contribution in [-0.4, -0.2) is 24.9 Å². The molecule has 0 amide bonds. The minimum atomic E-state index is -0.444. The number of nitrogens with one attached hydrogen (secondary N) is 1. The van der Waals surface area contributed by atoms with Crippen molar-refractivity contribution in [3.63, 3.8) is 0 Å². The molecule has 0 spiro atoms. The van der Waals surface area contributed by atoms with Crippen LogP contribution in [0.1, 0.15) is 10.9 Å². The maximum absolute atomic E-state index is 10.8. The van der Waals surface area contributed by atoms with Gasteiger partial charge in [0.25, 0.3) is 5.69 Å². The van der Waals surface area contributed by atoms with E-state index in [1.807, 2.05) is 12.1 Å². The molecule has 9 heteroatoms. The zero-order valence-electron chi connectivity index (χ0n) is 12.2. The van der Waals surface area contributed by atoms with E-state index in [0.29, 0.717) is 16.5 Å². The van der Waals surface area contributed by atoms with Gasteiger partial charge in [0.2, 0.25) is 5.16 Å². The molecule has 1 aliphatic rings. The Kier molecular flexibility index (Phi) is 3.35. The second kappa shape index (κ2) is 5.53. The lowest BCUT2D eigenvalue weighted by molar-refractivity contribution is -0.384. The molecule has 1 aromatic heterocycles. The minimum absolute atomic E-state index is 0.0225. The van der Waals surface area contributed by atoms with E-state index < -0.39 is 4.92 Å². The number of aromatic nitrogens is 3. The number of benzene rings is 2. The predicted octanol–water partition coefficient (Wildman–Crippen LogP) is 2.91. The van der Waals surface area contributed by atoms with E-state index in [1.54, 1.807) is 28.9 Å². The maximum atomic E-state index is 10.8. The number of para-hydroxylation sites is 1. The first kappa shape index (κ1) is 14.5. The van der Waals surface area contributed by atoms with Crippen LogP contribution >= 0.6 is 11.8 Å². The molecule has 0 saturated heterocycles. The van der Waals surface area contributed by atoms with Gasteiger partial charge in [-0.3, -0.25) is 10.1 Å². The van der Waals surface area contributed by atoms with Crippen molar-refractivity contribution < 1.29 is 10.0 Å². The number of hydrogen-bond donors (Lipinski definition) is 2. The molecule has 0 saturated carbocycles. The van der Waals surface area contributed by atoms with Gasteiger partial charge in [0.15, 0.2) is 5.82 Å². The molecule has 0 unspecified atom stereocenters. The Morgan fingerprint density at radius 1 is 1.17 bits per heavy atom. The molecular weight excluding hydrogens is 330 g/mol. The van der Waals surface area contributed by atoms with Crippen LogP contribution in [0.5, 0.6) is 5.75 Å². The number of phenols is 1. The van der Waals surface area contributed by atoms with Crippen molar-refractivity contribution in [2.24, 2.45) is 0 Å². The number of phenolic OH excluding ortho intramolecular Hbond substituents is 1. The Balaban J connectivity index is 1.65. The Labute approximate surface area is 140 Å². The van der Waals surface area contributed by atoms with Gasteiger partial charge in [-0.15, -0.1) is 10.2 Å². The number of nitrogens with zero attached hydrogens (tertiary/aromatic N) is 4. The van der Waals surface area contributed by atoms with Crippen molar-refractivity contribution in [1.82, 2.24) is 14.9 Å². The Morgan fingerprint density at radius 3 is 2.62 bits per heavy atom.